The standard InChI is InChI=1S/C15H25NO3/c1-5-6-11-18-13-9-7-8-10-16(12-13)14(17)19-15(2,3)4/h1,13H,6-12H2,2-4H3/t13-/m1/s1. The maximum Gasteiger partial charge on any atom is 0.410 e. The fourth-order valence-corrected chi connectivity index (χ4v) is 2.02. The van der Waals surface area contributed by atoms with E-state index in [0.717, 1.165) is 25.8 Å². The zero-order valence-electron chi connectivity index (χ0n) is 12.3. The Bertz CT molecular complexity index is 327. The molecule has 0 saturated carbocycles. The SMILES string of the molecule is C#CCCO[C@@H]1CCCCN(C(=O)OC(C)(C)C)C1. The number of carbonyl (C=O) groups is 1. The van der Waals surface area contributed by atoms with Crippen molar-refractivity contribution in [2.24, 2.45) is 0 Å². The minimum absolute atomic E-state index is 0.0726. The molecule has 4 nitrogen and oxygen atoms in total. The highest BCUT2D eigenvalue weighted by molar-refractivity contribution is 5.68. The number of nitrogens with zero attached hydrogens (tertiary/aromatic N) is 1. The third-order valence-electron chi connectivity index (χ3n) is 2.88. The fourth-order valence-electron chi connectivity index (χ4n) is 2.02. The Labute approximate surface area is 116 Å². The molecule has 1 saturated heterocycles. The topological polar surface area (TPSA) is 38.8 Å². The number of carbonyl (C=O) groups excluding carboxylic acids is 1. The van der Waals surface area contributed by atoms with E-state index in [-0.39, 0.29) is 12.2 Å². The van der Waals surface area contributed by atoms with Crippen LogP contribution in [0.25, 0.3) is 0 Å². The molecule has 0 radical (unpaired) electrons. The van der Waals surface area contributed by atoms with E-state index in [1.807, 2.05) is 20.8 Å². The highest BCUT2D eigenvalue weighted by atomic mass is 16.6. The van der Waals surface area contributed by atoms with E-state index in [0.29, 0.717) is 19.6 Å². The highest BCUT2D eigenvalue weighted by Crippen LogP contribution is 2.17. The lowest BCUT2D eigenvalue weighted by Crippen LogP contribution is -2.40. The zero-order chi connectivity index (χ0) is 14.3. The molecule has 1 fully saturated rings. The van der Waals surface area contributed by atoms with E-state index < -0.39 is 5.60 Å². The van der Waals surface area contributed by atoms with Gasteiger partial charge in [0.05, 0.1) is 19.3 Å². The first-order chi connectivity index (χ1) is 8.92. The summed E-state index contributed by atoms with van der Waals surface area (Å²) in [5.41, 5.74) is -0.455. The molecule has 0 unspecified atom stereocenters. The number of amides is 1. The molecule has 1 heterocycles. The van der Waals surface area contributed by atoms with Gasteiger partial charge in [0.1, 0.15) is 5.60 Å². The van der Waals surface area contributed by atoms with Crippen molar-refractivity contribution in [1.82, 2.24) is 4.90 Å². The number of hydrogen-bond acceptors (Lipinski definition) is 3. The van der Waals surface area contributed by atoms with Crippen molar-refractivity contribution in [2.75, 3.05) is 19.7 Å². The van der Waals surface area contributed by atoms with Crippen molar-refractivity contribution in [3.63, 3.8) is 0 Å². The van der Waals surface area contributed by atoms with Crippen LogP contribution in [-0.4, -0.2) is 42.4 Å². The first kappa shape index (κ1) is 15.8. The summed E-state index contributed by atoms with van der Waals surface area (Å²) in [6.07, 6.45) is 8.68. The molecule has 0 N–H and O–H groups in total. The van der Waals surface area contributed by atoms with Gasteiger partial charge >= 0.3 is 6.09 Å². The maximum absolute atomic E-state index is 12.1. The summed E-state index contributed by atoms with van der Waals surface area (Å²) in [6, 6.07) is 0. The summed E-state index contributed by atoms with van der Waals surface area (Å²) in [5.74, 6) is 2.56. The summed E-state index contributed by atoms with van der Waals surface area (Å²) in [7, 11) is 0. The molecule has 0 aromatic rings. The van der Waals surface area contributed by atoms with Crippen LogP contribution in [0, 0.1) is 12.3 Å². The Morgan fingerprint density at radius 3 is 2.79 bits per heavy atom. The van der Waals surface area contributed by atoms with Crippen LogP contribution in [0.15, 0.2) is 0 Å². The second kappa shape index (κ2) is 7.40. The van der Waals surface area contributed by atoms with Gasteiger partial charge < -0.3 is 14.4 Å². The van der Waals surface area contributed by atoms with Gasteiger partial charge in [0, 0.05) is 13.0 Å². The lowest BCUT2D eigenvalue weighted by Gasteiger charge is -2.28. The molecule has 1 atom stereocenters. The number of terminal acetylenes is 1. The van der Waals surface area contributed by atoms with Gasteiger partial charge in [-0.3, -0.25) is 0 Å². The molecule has 108 valence electrons. The molecule has 0 bridgehead atoms. The first-order valence-electron chi connectivity index (χ1n) is 6.95. The van der Waals surface area contributed by atoms with Gasteiger partial charge in [-0.05, 0) is 40.0 Å². The molecule has 1 rings (SSSR count). The molecule has 1 amide bonds. The summed E-state index contributed by atoms with van der Waals surface area (Å²) >= 11 is 0. The number of ether oxygens (including phenoxy) is 2. The average molecular weight is 267 g/mol. The zero-order valence-corrected chi connectivity index (χ0v) is 12.3. The quantitative estimate of drug-likeness (QED) is 0.583. The minimum Gasteiger partial charge on any atom is -0.444 e. The maximum atomic E-state index is 12.1. The normalized spacial score (nSPS) is 20.5. The van der Waals surface area contributed by atoms with Crippen LogP contribution in [0.4, 0.5) is 4.79 Å². The summed E-state index contributed by atoms with van der Waals surface area (Å²) in [6.45, 7) is 7.53. The Morgan fingerprint density at radius 1 is 1.42 bits per heavy atom. The minimum atomic E-state index is -0.455. The third kappa shape index (κ3) is 6.49. The van der Waals surface area contributed by atoms with E-state index in [9.17, 15) is 4.79 Å². The molecule has 0 aromatic carbocycles. The average Bonchev–Trinajstić information content (AvgIpc) is 2.53. The van der Waals surface area contributed by atoms with Crippen LogP contribution in [0.1, 0.15) is 46.5 Å². The van der Waals surface area contributed by atoms with Gasteiger partial charge in [0.2, 0.25) is 0 Å². The van der Waals surface area contributed by atoms with Crippen molar-refractivity contribution < 1.29 is 14.3 Å². The van der Waals surface area contributed by atoms with E-state index in [1.165, 1.54) is 0 Å². The first-order valence-corrected chi connectivity index (χ1v) is 6.95. The number of rotatable bonds is 3. The van der Waals surface area contributed by atoms with Gasteiger partial charge in [-0.25, -0.2) is 4.79 Å². The van der Waals surface area contributed by atoms with Crippen LogP contribution in [0.5, 0.6) is 0 Å². The summed E-state index contributed by atoms with van der Waals surface area (Å²) < 4.78 is 11.1. The van der Waals surface area contributed by atoms with E-state index in [2.05, 4.69) is 5.92 Å². The number of likely N-dealkylation sites (tertiary alicyclic amines) is 1. The van der Waals surface area contributed by atoms with Crippen molar-refractivity contribution in [3.05, 3.63) is 0 Å². The second-order valence-electron chi connectivity index (χ2n) is 5.87. The van der Waals surface area contributed by atoms with Crippen LogP contribution in [-0.2, 0) is 9.47 Å². The Hall–Kier alpha value is -1.21. The van der Waals surface area contributed by atoms with Crippen molar-refractivity contribution in [1.29, 1.82) is 0 Å². The Morgan fingerprint density at radius 2 is 2.16 bits per heavy atom. The predicted octanol–water partition coefficient (Wildman–Crippen LogP) is 2.82. The molecular weight excluding hydrogens is 242 g/mol. The molecule has 0 spiro atoms. The van der Waals surface area contributed by atoms with E-state index in [4.69, 9.17) is 15.9 Å². The van der Waals surface area contributed by atoms with E-state index in [1.54, 1.807) is 4.90 Å². The molecule has 0 aliphatic carbocycles. The molecular formula is C15H25NO3. The number of hydrogen-bond donors (Lipinski definition) is 0. The van der Waals surface area contributed by atoms with Crippen LogP contribution in [0.2, 0.25) is 0 Å². The molecule has 4 heteroatoms. The summed E-state index contributed by atoms with van der Waals surface area (Å²) in [4.78, 5) is 13.8. The smallest absolute Gasteiger partial charge is 0.410 e. The van der Waals surface area contributed by atoms with Gasteiger partial charge in [-0.15, -0.1) is 12.3 Å². The van der Waals surface area contributed by atoms with Crippen molar-refractivity contribution >= 4 is 6.09 Å². The molecule has 1 aliphatic heterocycles. The molecule has 1 aliphatic rings. The molecule has 0 aromatic heterocycles. The summed E-state index contributed by atoms with van der Waals surface area (Å²) in [5, 5.41) is 0. The van der Waals surface area contributed by atoms with Crippen molar-refractivity contribution in [3.8, 4) is 12.3 Å². The fraction of sp³-hybridized carbons (Fsp3) is 0.800. The highest BCUT2D eigenvalue weighted by Gasteiger charge is 2.26. The monoisotopic (exact) mass is 267 g/mol. The third-order valence-corrected chi connectivity index (χ3v) is 2.88. The molecule has 19 heavy (non-hydrogen) atoms. The van der Waals surface area contributed by atoms with Crippen molar-refractivity contribution in [2.45, 2.75) is 58.2 Å². The predicted molar refractivity (Wildman–Crippen MR) is 74.8 cm³/mol. The lowest BCUT2D eigenvalue weighted by molar-refractivity contribution is 0.00237. The largest absolute Gasteiger partial charge is 0.444 e. The van der Waals surface area contributed by atoms with E-state index >= 15 is 0 Å². The lowest BCUT2D eigenvalue weighted by atomic mass is 10.2. The van der Waals surface area contributed by atoms with Gasteiger partial charge in [0.25, 0.3) is 0 Å². The van der Waals surface area contributed by atoms with Crippen LogP contribution in [0.3, 0.4) is 0 Å². The van der Waals surface area contributed by atoms with Crippen LogP contribution < -0.4 is 0 Å². The van der Waals surface area contributed by atoms with Gasteiger partial charge in [-0.1, -0.05) is 0 Å². The van der Waals surface area contributed by atoms with Gasteiger partial charge in [0.15, 0.2) is 0 Å². The second-order valence-corrected chi connectivity index (χ2v) is 5.87. The van der Waals surface area contributed by atoms with Crippen LogP contribution >= 0.6 is 0 Å². The Balaban J connectivity index is 2.48. The Kier molecular flexibility index (Phi) is 6.17. The van der Waals surface area contributed by atoms with Gasteiger partial charge in [-0.2, -0.15) is 0 Å².